The molecule has 1 unspecified atom stereocenters. The number of morpholine rings is 1. The van der Waals surface area contributed by atoms with E-state index in [1.165, 1.54) is 6.26 Å². The molecule has 0 aliphatic carbocycles. The Labute approximate surface area is 169 Å². The Kier molecular flexibility index (Phi) is 8.72. The summed E-state index contributed by atoms with van der Waals surface area (Å²) in [6.45, 7) is 9.60. The zero-order chi connectivity index (χ0) is 20.6. The number of guanidine groups is 1. The second-order valence-corrected chi connectivity index (χ2v) is 9.52. The van der Waals surface area contributed by atoms with E-state index in [1.54, 1.807) is 19.2 Å². The van der Waals surface area contributed by atoms with Crippen molar-refractivity contribution in [2.24, 2.45) is 10.9 Å². The Morgan fingerprint density at radius 3 is 2.36 bits per heavy atom. The lowest BCUT2D eigenvalue weighted by molar-refractivity contribution is 0.00752. The van der Waals surface area contributed by atoms with Gasteiger partial charge in [-0.05, 0) is 30.0 Å². The van der Waals surface area contributed by atoms with Crippen molar-refractivity contribution in [2.75, 3.05) is 52.7 Å². The number of ether oxygens (including phenoxy) is 1. The highest BCUT2D eigenvalue weighted by Crippen LogP contribution is 2.12. The van der Waals surface area contributed by atoms with Crippen LogP contribution in [-0.2, 0) is 21.0 Å². The fourth-order valence-corrected chi connectivity index (χ4v) is 3.98. The summed E-state index contributed by atoms with van der Waals surface area (Å²) in [6, 6.07) is 7.48. The largest absolute Gasteiger partial charge is 0.379 e. The predicted molar refractivity (Wildman–Crippen MR) is 114 cm³/mol. The molecule has 1 aromatic rings. The van der Waals surface area contributed by atoms with Gasteiger partial charge < -0.3 is 15.4 Å². The van der Waals surface area contributed by atoms with Crippen molar-refractivity contribution in [1.29, 1.82) is 0 Å². The van der Waals surface area contributed by atoms with Crippen LogP contribution in [0, 0.1) is 5.92 Å². The summed E-state index contributed by atoms with van der Waals surface area (Å²) in [7, 11) is -1.37. The summed E-state index contributed by atoms with van der Waals surface area (Å²) in [4.78, 5) is 7.15. The van der Waals surface area contributed by atoms with E-state index in [4.69, 9.17) is 4.74 Å². The van der Waals surface area contributed by atoms with Crippen LogP contribution in [-0.4, -0.2) is 78.0 Å². The number of hydrogen-bond donors (Lipinski definition) is 2. The molecule has 1 saturated heterocycles. The Morgan fingerprint density at radius 2 is 1.82 bits per heavy atom. The van der Waals surface area contributed by atoms with Crippen molar-refractivity contribution < 1.29 is 13.2 Å². The van der Waals surface area contributed by atoms with E-state index in [-0.39, 0.29) is 0 Å². The second-order valence-electron chi connectivity index (χ2n) is 7.51. The van der Waals surface area contributed by atoms with Gasteiger partial charge in [-0.1, -0.05) is 26.0 Å². The van der Waals surface area contributed by atoms with Crippen LogP contribution in [0.15, 0.2) is 34.2 Å². The number of hydrogen-bond acceptors (Lipinski definition) is 5. The summed E-state index contributed by atoms with van der Waals surface area (Å²) < 4.78 is 28.5. The zero-order valence-electron chi connectivity index (χ0n) is 17.4. The Bertz CT molecular complexity index is 726. The van der Waals surface area contributed by atoms with Gasteiger partial charge in [-0.3, -0.25) is 9.89 Å². The molecule has 0 spiro atoms. The smallest absolute Gasteiger partial charge is 0.191 e. The molecule has 1 atom stereocenters. The second kappa shape index (κ2) is 10.8. The fourth-order valence-electron chi connectivity index (χ4n) is 3.35. The lowest BCUT2D eigenvalue weighted by Crippen LogP contribution is -2.52. The normalized spacial score (nSPS) is 17.5. The Morgan fingerprint density at radius 1 is 1.18 bits per heavy atom. The molecule has 1 aromatic carbocycles. The topological polar surface area (TPSA) is 83.0 Å². The maximum absolute atomic E-state index is 11.5. The summed E-state index contributed by atoms with van der Waals surface area (Å²) >= 11 is 0. The molecule has 2 rings (SSSR count). The monoisotopic (exact) mass is 410 g/mol. The van der Waals surface area contributed by atoms with Crippen LogP contribution in [0.5, 0.6) is 0 Å². The minimum Gasteiger partial charge on any atom is -0.379 e. The Balaban J connectivity index is 1.80. The molecule has 1 aliphatic heterocycles. The maximum Gasteiger partial charge on any atom is 0.191 e. The number of nitrogens with zero attached hydrogens (tertiary/aromatic N) is 2. The molecule has 0 amide bonds. The molecule has 2 N–H and O–H groups in total. The van der Waals surface area contributed by atoms with Crippen molar-refractivity contribution in [3.63, 3.8) is 0 Å². The van der Waals surface area contributed by atoms with E-state index in [2.05, 4.69) is 34.4 Å². The van der Waals surface area contributed by atoms with Gasteiger partial charge in [0.05, 0.1) is 18.1 Å². The lowest BCUT2D eigenvalue weighted by atomic mass is 10.0. The molecule has 0 radical (unpaired) electrons. The highest BCUT2D eigenvalue weighted by molar-refractivity contribution is 7.90. The molecule has 158 valence electrons. The van der Waals surface area contributed by atoms with Gasteiger partial charge in [-0.25, -0.2) is 8.42 Å². The third-order valence-corrected chi connectivity index (χ3v) is 6.17. The highest BCUT2D eigenvalue weighted by Gasteiger charge is 2.23. The maximum atomic E-state index is 11.5. The molecular weight excluding hydrogens is 376 g/mol. The summed E-state index contributed by atoms with van der Waals surface area (Å²) in [5, 5.41) is 6.78. The van der Waals surface area contributed by atoms with E-state index < -0.39 is 9.84 Å². The van der Waals surface area contributed by atoms with E-state index in [9.17, 15) is 8.42 Å². The average Bonchev–Trinajstić information content (AvgIpc) is 2.67. The van der Waals surface area contributed by atoms with Crippen LogP contribution in [0.1, 0.15) is 19.4 Å². The molecule has 0 bridgehead atoms. The van der Waals surface area contributed by atoms with Crippen LogP contribution < -0.4 is 10.6 Å². The SMILES string of the molecule is CN=C(NCCc1ccc(S(C)(=O)=O)cc1)NCC(C(C)C)N1CCOCC1. The van der Waals surface area contributed by atoms with Crippen molar-refractivity contribution in [2.45, 2.75) is 31.2 Å². The quantitative estimate of drug-likeness (QED) is 0.494. The average molecular weight is 411 g/mol. The van der Waals surface area contributed by atoms with Crippen LogP contribution in [0.3, 0.4) is 0 Å². The van der Waals surface area contributed by atoms with Gasteiger partial charge in [-0.15, -0.1) is 0 Å². The number of benzene rings is 1. The third kappa shape index (κ3) is 7.07. The van der Waals surface area contributed by atoms with Gasteiger partial charge in [0.25, 0.3) is 0 Å². The van der Waals surface area contributed by atoms with Crippen LogP contribution in [0.4, 0.5) is 0 Å². The van der Waals surface area contributed by atoms with Crippen molar-refractivity contribution in [3.05, 3.63) is 29.8 Å². The number of nitrogens with one attached hydrogen (secondary N) is 2. The summed E-state index contributed by atoms with van der Waals surface area (Å²) in [5.41, 5.74) is 1.09. The first kappa shape index (κ1) is 22.6. The summed E-state index contributed by atoms with van der Waals surface area (Å²) in [6.07, 6.45) is 2.02. The number of sulfone groups is 1. The van der Waals surface area contributed by atoms with Gasteiger partial charge in [-0.2, -0.15) is 0 Å². The lowest BCUT2D eigenvalue weighted by Gasteiger charge is -2.37. The molecule has 0 aromatic heterocycles. The van der Waals surface area contributed by atoms with Crippen LogP contribution in [0.2, 0.25) is 0 Å². The molecule has 8 heteroatoms. The molecule has 28 heavy (non-hydrogen) atoms. The first-order chi connectivity index (χ1) is 13.3. The van der Waals surface area contributed by atoms with Gasteiger partial charge in [0, 0.05) is 45.5 Å². The van der Waals surface area contributed by atoms with E-state index >= 15 is 0 Å². The van der Waals surface area contributed by atoms with Crippen molar-refractivity contribution >= 4 is 15.8 Å². The molecule has 1 fully saturated rings. The molecule has 0 saturated carbocycles. The number of rotatable bonds is 8. The van der Waals surface area contributed by atoms with Gasteiger partial charge in [0.1, 0.15) is 0 Å². The van der Waals surface area contributed by atoms with Gasteiger partial charge >= 0.3 is 0 Å². The number of aliphatic imine (C=N–C) groups is 1. The standard InChI is InChI=1S/C20H34N4O3S/c1-16(2)19(24-11-13-27-14-12-24)15-23-20(21-3)22-10-9-17-5-7-18(8-6-17)28(4,25)26/h5-8,16,19H,9-15H2,1-4H3,(H2,21,22,23). The first-order valence-corrected chi connectivity index (χ1v) is 11.8. The fraction of sp³-hybridized carbons (Fsp3) is 0.650. The predicted octanol–water partition coefficient (Wildman–Crippen LogP) is 1.15. The molecule has 1 heterocycles. The van der Waals surface area contributed by atoms with Crippen molar-refractivity contribution in [3.8, 4) is 0 Å². The first-order valence-electron chi connectivity index (χ1n) is 9.86. The Hall–Kier alpha value is -1.64. The molecular formula is C20H34N4O3S. The molecule has 1 aliphatic rings. The van der Waals surface area contributed by atoms with E-state index in [0.717, 1.165) is 57.3 Å². The zero-order valence-corrected chi connectivity index (χ0v) is 18.3. The third-order valence-electron chi connectivity index (χ3n) is 5.04. The minimum absolute atomic E-state index is 0.351. The van der Waals surface area contributed by atoms with Gasteiger partial charge in [0.2, 0.25) is 0 Å². The van der Waals surface area contributed by atoms with Crippen molar-refractivity contribution in [1.82, 2.24) is 15.5 Å². The van der Waals surface area contributed by atoms with Gasteiger partial charge in [0.15, 0.2) is 15.8 Å². The minimum atomic E-state index is -3.15. The molecule has 7 nitrogen and oxygen atoms in total. The van der Waals surface area contributed by atoms with E-state index in [1.807, 2.05) is 12.1 Å². The van der Waals surface area contributed by atoms with E-state index in [0.29, 0.717) is 16.9 Å². The highest BCUT2D eigenvalue weighted by atomic mass is 32.2. The summed E-state index contributed by atoms with van der Waals surface area (Å²) in [5.74, 6) is 1.32. The van der Waals surface area contributed by atoms with Crippen LogP contribution >= 0.6 is 0 Å². The van der Waals surface area contributed by atoms with Crippen LogP contribution in [0.25, 0.3) is 0 Å².